The van der Waals surface area contributed by atoms with E-state index in [0.717, 1.165) is 17.3 Å². The predicted molar refractivity (Wildman–Crippen MR) is 93.5 cm³/mol. The molecule has 1 aromatic carbocycles. The molecule has 1 N–H and O–H groups in total. The van der Waals surface area contributed by atoms with Crippen molar-refractivity contribution in [3.8, 4) is 5.75 Å². The van der Waals surface area contributed by atoms with Gasteiger partial charge in [-0.25, -0.2) is 4.79 Å². The highest BCUT2D eigenvalue weighted by Crippen LogP contribution is 2.25. The van der Waals surface area contributed by atoms with E-state index in [9.17, 15) is 19.2 Å². The molecule has 7 nitrogen and oxygen atoms in total. The Morgan fingerprint density at radius 1 is 1.20 bits per heavy atom. The quantitative estimate of drug-likeness (QED) is 0.580. The van der Waals surface area contributed by atoms with E-state index in [4.69, 9.17) is 9.47 Å². The molecule has 1 amide bonds. The first-order valence-corrected chi connectivity index (χ1v) is 8.63. The number of hydrogen-bond acceptors (Lipinski definition) is 7. The molecule has 8 heteroatoms. The third kappa shape index (κ3) is 6.96. The number of ether oxygens (including phenoxy) is 2. The van der Waals surface area contributed by atoms with Gasteiger partial charge in [0.05, 0.1) is 12.2 Å². The summed E-state index contributed by atoms with van der Waals surface area (Å²) >= 11 is 0.835. The van der Waals surface area contributed by atoms with Crippen LogP contribution in [0, 0.1) is 6.92 Å². The van der Waals surface area contributed by atoms with E-state index in [-0.39, 0.29) is 28.8 Å². The van der Waals surface area contributed by atoms with Crippen LogP contribution in [-0.4, -0.2) is 41.4 Å². The minimum atomic E-state index is -0.936. The van der Waals surface area contributed by atoms with Crippen molar-refractivity contribution in [2.45, 2.75) is 33.7 Å². The Kier molecular flexibility index (Phi) is 8.13. The fraction of sp³-hybridized carbons (Fsp3) is 0.412. The Hall–Kier alpha value is -2.35. The van der Waals surface area contributed by atoms with Gasteiger partial charge in [-0.05, 0) is 31.5 Å². The van der Waals surface area contributed by atoms with Crippen LogP contribution in [0.2, 0.25) is 0 Å². The monoisotopic (exact) mass is 367 g/mol. The van der Waals surface area contributed by atoms with E-state index in [1.807, 2.05) is 6.92 Å². The minimum absolute atomic E-state index is 0.00460. The molecule has 0 radical (unpaired) electrons. The highest BCUT2D eigenvalue weighted by molar-refractivity contribution is 8.14. The van der Waals surface area contributed by atoms with Crippen LogP contribution >= 0.6 is 11.8 Å². The molecule has 0 saturated carbocycles. The summed E-state index contributed by atoms with van der Waals surface area (Å²) < 4.78 is 9.96. The normalized spacial score (nSPS) is 11.4. The minimum Gasteiger partial charge on any atom is -0.464 e. The summed E-state index contributed by atoms with van der Waals surface area (Å²) in [5.74, 6) is -1.38. The van der Waals surface area contributed by atoms with Crippen molar-refractivity contribution in [2.24, 2.45) is 0 Å². The average Bonchev–Trinajstić information content (AvgIpc) is 2.50. The lowest BCUT2D eigenvalue weighted by atomic mass is 10.1. The maximum Gasteiger partial charge on any atom is 0.329 e. The lowest BCUT2D eigenvalue weighted by molar-refractivity contribution is -0.146. The van der Waals surface area contributed by atoms with E-state index in [0.29, 0.717) is 0 Å². The maximum atomic E-state index is 12.4. The zero-order valence-corrected chi connectivity index (χ0v) is 15.4. The van der Waals surface area contributed by atoms with E-state index in [1.165, 1.54) is 13.8 Å². The lowest BCUT2D eigenvalue weighted by Crippen LogP contribution is -2.42. The van der Waals surface area contributed by atoms with Crippen molar-refractivity contribution in [3.05, 3.63) is 29.3 Å². The molecular formula is C17H21NO6S. The van der Waals surface area contributed by atoms with E-state index >= 15 is 0 Å². The first kappa shape index (κ1) is 20.7. The molecule has 0 unspecified atom stereocenters. The lowest BCUT2D eigenvalue weighted by Gasteiger charge is -2.16. The van der Waals surface area contributed by atoms with Crippen LogP contribution in [0.5, 0.6) is 5.75 Å². The topological polar surface area (TPSA) is 98.8 Å². The van der Waals surface area contributed by atoms with E-state index in [2.05, 4.69) is 5.32 Å². The molecule has 0 aliphatic carbocycles. The summed E-state index contributed by atoms with van der Waals surface area (Å²) in [6.45, 7) is 6.15. The van der Waals surface area contributed by atoms with Gasteiger partial charge in [-0.15, -0.1) is 0 Å². The van der Waals surface area contributed by atoms with Crippen LogP contribution < -0.4 is 10.1 Å². The molecule has 0 saturated heterocycles. The zero-order chi connectivity index (χ0) is 19.0. The van der Waals surface area contributed by atoms with Gasteiger partial charge in [0.2, 0.25) is 11.0 Å². The highest BCUT2D eigenvalue weighted by atomic mass is 32.2. The van der Waals surface area contributed by atoms with Crippen LogP contribution in [-0.2, 0) is 19.1 Å². The van der Waals surface area contributed by atoms with E-state index < -0.39 is 23.9 Å². The number of carbonyl (C=O) groups excluding carboxylic acids is 4. The number of carbonyl (C=O) groups is 4. The number of amides is 1. The zero-order valence-electron chi connectivity index (χ0n) is 14.6. The summed E-state index contributed by atoms with van der Waals surface area (Å²) in [5.41, 5.74) is 1.05. The molecular weight excluding hydrogens is 346 g/mol. The van der Waals surface area contributed by atoms with Crippen LogP contribution in [0.3, 0.4) is 0 Å². The molecule has 1 atom stereocenters. The number of esters is 2. The van der Waals surface area contributed by atoms with Crippen LogP contribution in [0.1, 0.15) is 36.7 Å². The maximum absolute atomic E-state index is 12.4. The molecule has 136 valence electrons. The second-order valence-corrected chi connectivity index (χ2v) is 6.19. The third-order valence-electron chi connectivity index (χ3n) is 2.94. The molecule has 0 aromatic heterocycles. The predicted octanol–water partition coefficient (Wildman–Crippen LogP) is 1.86. The second-order valence-electron chi connectivity index (χ2n) is 5.20. The van der Waals surface area contributed by atoms with Crippen LogP contribution in [0.15, 0.2) is 18.2 Å². The number of nitrogens with one attached hydrogen (secondary N) is 1. The van der Waals surface area contributed by atoms with Crippen molar-refractivity contribution in [2.75, 3.05) is 12.4 Å². The van der Waals surface area contributed by atoms with Gasteiger partial charge in [0.25, 0.3) is 0 Å². The molecule has 0 aliphatic rings. The van der Waals surface area contributed by atoms with Gasteiger partial charge in [0.15, 0.2) is 0 Å². The van der Waals surface area contributed by atoms with Crippen molar-refractivity contribution >= 4 is 34.7 Å². The van der Waals surface area contributed by atoms with Gasteiger partial charge >= 0.3 is 11.9 Å². The number of rotatable bonds is 7. The Labute approximate surface area is 150 Å². The van der Waals surface area contributed by atoms with Gasteiger partial charge in [-0.1, -0.05) is 17.8 Å². The first-order valence-electron chi connectivity index (χ1n) is 7.64. The molecule has 0 bridgehead atoms. The van der Waals surface area contributed by atoms with Crippen LogP contribution in [0.4, 0.5) is 0 Å². The number of aryl methyl sites for hydroxylation is 1. The van der Waals surface area contributed by atoms with Crippen LogP contribution in [0.25, 0.3) is 0 Å². The van der Waals surface area contributed by atoms with Crippen molar-refractivity contribution in [1.82, 2.24) is 5.32 Å². The van der Waals surface area contributed by atoms with Crippen molar-refractivity contribution < 1.29 is 28.7 Å². The number of benzene rings is 1. The molecule has 0 fully saturated rings. The summed E-state index contributed by atoms with van der Waals surface area (Å²) in [6, 6.07) is 3.93. The standard InChI is InChI=1S/C17H21NO6S/c1-5-23-16(21)14(18-11(3)19)9-25-17(22)13-7-6-10(2)8-15(13)24-12(4)20/h6-8,14H,5,9H2,1-4H3,(H,18,19)/t14-/m0/s1. The molecule has 1 aromatic rings. The second kappa shape index (κ2) is 9.83. The van der Waals surface area contributed by atoms with Crippen molar-refractivity contribution in [1.29, 1.82) is 0 Å². The van der Waals surface area contributed by atoms with Crippen molar-refractivity contribution in [3.63, 3.8) is 0 Å². The Bertz CT molecular complexity index is 673. The largest absolute Gasteiger partial charge is 0.464 e. The fourth-order valence-corrected chi connectivity index (χ4v) is 2.79. The average molecular weight is 367 g/mol. The third-order valence-corrected chi connectivity index (χ3v) is 3.92. The number of hydrogen-bond donors (Lipinski definition) is 1. The molecule has 0 aliphatic heterocycles. The molecule has 0 heterocycles. The summed E-state index contributed by atoms with van der Waals surface area (Å²) in [5, 5.41) is 2.08. The summed E-state index contributed by atoms with van der Waals surface area (Å²) in [7, 11) is 0. The number of thioether (sulfide) groups is 1. The summed E-state index contributed by atoms with van der Waals surface area (Å²) in [4.78, 5) is 46.7. The molecule has 0 spiro atoms. The van der Waals surface area contributed by atoms with Gasteiger partial charge in [0.1, 0.15) is 11.8 Å². The Morgan fingerprint density at radius 2 is 1.88 bits per heavy atom. The highest BCUT2D eigenvalue weighted by Gasteiger charge is 2.24. The summed E-state index contributed by atoms with van der Waals surface area (Å²) in [6.07, 6.45) is 0. The van der Waals surface area contributed by atoms with E-state index in [1.54, 1.807) is 25.1 Å². The van der Waals surface area contributed by atoms with Gasteiger partial charge in [0, 0.05) is 19.6 Å². The SMILES string of the molecule is CCOC(=O)[C@H](CSC(=O)c1ccc(C)cc1OC(C)=O)NC(C)=O. The van der Waals surface area contributed by atoms with Gasteiger partial charge in [-0.3, -0.25) is 14.4 Å². The Morgan fingerprint density at radius 3 is 2.44 bits per heavy atom. The Balaban J connectivity index is 2.88. The van der Waals surface area contributed by atoms with Gasteiger partial charge in [-0.2, -0.15) is 0 Å². The molecule has 25 heavy (non-hydrogen) atoms. The first-order chi connectivity index (χ1) is 11.7. The smallest absolute Gasteiger partial charge is 0.329 e. The molecule has 1 rings (SSSR count). The fourth-order valence-electron chi connectivity index (χ4n) is 1.93. The van der Waals surface area contributed by atoms with Gasteiger partial charge < -0.3 is 14.8 Å².